The standard InChI is InChI=1S/C21H18N4O2S/c1-13-5-6-15(10-14(13)2)11-19(26)24-18-12-16(17-4-3-8-27-17)23-20(25-18)21-22-7-9-28-21/h3-10,12H,11H2,1-2H3,(H,23,24,25,26). The van der Waals surface area contributed by atoms with Crippen molar-refractivity contribution in [1.82, 2.24) is 15.0 Å². The van der Waals surface area contributed by atoms with Crippen LogP contribution in [0.4, 0.5) is 5.82 Å². The first-order chi connectivity index (χ1) is 13.6. The topological polar surface area (TPSA) is 80.9 Å². The highest BCUT2D eigenvalue weighted by atomic mass is 32.1. The molecule has 4 rings (SSSR count). The van der Waals surface area contributed by atoms with E-state index in [1.54, 1.807) is 24.6 Å². The minimum absolute atomic E-state index is 0.141. The van der Waals surface area contributed by atoms with E-state index >= 15 is 0 Å². The van der Waals surface area contributed by atoms with Gasteiger partial charge in [0.25, 0.3) is 0 Å². The molecule has 7 heteroatoms. The van der Waals surface area contributed by atoms with Gasteiger partial charge in [0.05, 0.1) is 12.7 Å². The van der Waals surface area contributed by atoms with E-state index in [1.165, 1.54) is 22.5 Å². The van der Waals surface area contributed by atoms with Gasteiger partial charge in [-0.2, -0.15) is 0 Å². The Bertz CT molecular complexity index is 1050. The summed E-state index contributed by atoms with van der Waals surface area (Å²) in [6.45, 7) is 4.09. The minimum atomic E-state index is -0.141. The number of benzene rings is 1. The first kappa shape index (κ1) is 18.1. The third-order valence-electron chi connectivity index (χ3n) is 4.33. The van der Waals surface area contributed by atoms with Crippen molar-refractivity contribution in [2.75, 3.05) is 5.32 Å². The number of aryl methyl sites for hydroxylation is 2. The molecule has 1 amide bonds. The van der Waals surface area contributed by atoms with Crippen LogP contribution < -0.4 is 5.32 Å². The van der Waals surface area contributed by atoms with Crippen LogP contribution in [0.25, 0.3) is 22.3 Å². The number of hydrogen-bond donors (Lipinski definition) is 1. The van der Waals surface area contributed by atoms with Crippen molar-refractivity contribution in [3.05, 3.63) is 70.9 Å². The van der Waals surface area contributed by atoms with E-state index in [0.717, 1.165) is 5.56 Å². The van der Waals surface area contributed by atoms with Gasteiger partial charge in [0.1, 0.15) is 11.5 Å². The SMILES string of the molecule is Cc1ccc(CC(=O)Nc2cc(-c3ccco3)nc(-c3nccs3)n2)cc1C. The van der Waals surface area contributed by atoms with Crippen LogP contribution in [-0.4, -0.2) is 20.9 Å². The number of nitrogens with one attached hydrogen (secondary N) is 1. The molecule has 0 atom stereocenters. The van der Waals surface area contributed by atoms with E-state index in [4.69, 9.17) is 4.42 Å². The first-order valence-corrected chi connectivity index (χ1v) is 9.65. The van der Waals surface area contributed by atoms with E-state index in [9.17, 15) is 4.79 Å². The molecule has 0 radical (unpaired) electrons. The van der Waals surface area contributed by atoms with Crippen LogP contribution in [0.3, 0.4) is 0 Å². The smallest absolute Gasteiger partial charge is 0.229 e. The summed E-state index contributed by atoms with van der Waals surface area (Å²) in [6, 6.07) is 11.3. The number of aromatic nitrogens is 3. The van der Waals surface area contributed by atoms with Crippen LogP contribution in [-0.2, 0) is 11.2 Å². The molecule has 4 aromatic rings. The molecule has 28 heavy (non-hydrogen) atoms. The fraction of sp³-hybridized carbons (Fsp3) is 0.143. The van der Waals surface area contributed by atoms with Crippen LogP contribution in [0, 0.1) is 13.8 Å². The third kappa shape index (κ3) is 3.99. The largest absolute Gasteiger partial charge is 0.463 e. The second-order valence-electron chi connectivity index (χ2n) is 6.42. The fourth-order valence-electron chi connectivity index (χ4n) is 2.78. The second-order valence-corrected chi connectivity index (χ2v) is 7.31. The summed E-state index contributed by atoms with van der Waals surface area (Å²) < 4.78 is 5.45. The summed E-state index contributed by atoms with van der Waals surface area (Å²) in [5, 5.41) is 5.41. The van der Waals surface area contributed by atoms with E-state index < -0.39 is 0 Å². The average Bonchev–Trinajstić information content (AvgIpc) is 3.38. The molecule has 0 fully saturated rings. The number of amides is 1. The predicted molar refractivity (Wildman–Crippen MR) is 109 cm³/mol. The Morgan fingerprint density at radius 3 is 2.75 bits per heavy atom. The predicted octanol–water partition coefficient (Wildman–Crippen LogP) is 4.66. The maximum absolute atomic E-state index is 12.6. The Morgan fingerprint density at radius 1 is 1.14 bits per heavy atom. The maximum Gasteiger partial charge on any atom is 0.229 e. The van der Waals surface area contributed by atoms with E-state index in [2.05, 4.69) is 27.2 Å². The lowest BCUT2D eigenvalue weighted by molar-refractivity contribution is -0.115. The zero-order chi connectivity index (χ0) is 19.5. The Balaban J connectivity index is 1.61. The molecule has 0 saturated carbocycles. The van der Waals surface area contributed by atoms with Gasteiger partial charge in [-0.25, -0.2) is 15.0 Å². The van der Waals surface area contributed by atoms with Crippen molar-refractivity contribution in [2.45, 2.75) is 20.3 Å². The highest BCUT2D eigenvalue weighted by molar-refractivity contribution is 7.13. The zero-order valence-electron chi connectivity index (χ0n) is 15.5. The second kappa shape index (κ2) is 7.74. The van der Waals surface area contributed by atoms with Crippen molar-refractivity contribution in [3.8, 4) is 22.3 Å². The van der Waals surface area contributed by atoms with E-state index in [0.29, 0.717) is 28.1 Å². The Labute approximate surface area is 166 Å². The molecule has 0 aliphatic heterocycles. The van der Waals surface area contributed by atoms with Crippen molar-refractivity contribution in [1.29, 1.82) is 0 Å². The molecular weight excluding hydrogens is 372 g/mol. The van der Waals surface area contributed by atoms with Crippen LogP contribution in [0.2, 0.25) is 0 Å². The van der Waals surface area contributed by atoms with Crippen molar-refractivity contribution >= 4 is 23.1 Å². The van der Waals surface area contributed by atoms with Gasteiger partial charge in [0.2, 0.25) is 5.91 Å². The lowest BCUT2D eigenvalue weighted by atomic mass is 10.0. The minimum Gasteiger partial charge on any atom is -0.463 e. The molecule has 3 aromatic heterocycles. The van der Waals surface area contributed by atoms with Crippen LogP contribution in [0.15, 0.2) is 58.7 Å². The molecule has 1 aromatic carbocycles. The number of carbonyl (C=O) groups excluding carboxylic acids is 1. The Morgan fingerprint density at radius 2 is 2.04 bits per heavy atom. The number of furan rings is 1. The summed E-state index contributed by atoms with van der Waals surface area (Å²) >= 11 is 1.44. The van der Waals surface area contributed by atoms with Gasteiger partial charge in [-0.3, -0.25) is 4.79 Å². The molecule has 0 spiro atoms. The van der Waals surface area contributed by atoms with Gasteiger partial charge in [0, 0.05) is 17.6 Å². The molecule has 0 aliphatic rings. The number of rotatable bonds is 5. The Kier molecular flexibility index (Phi) is 4.99. The molecule has 0 saturated heterocycles. The number of anilines is 1. The normalized spacial score (nSPS) is 10.8. The molecule has 6 nitrogen and oxygen atoms in total. The first-order valence-electron chi connectivity index (χ1n) is 8.77. The van der Waals surface area contributed by atoms with E-state index in [-0.39, 0.29) is 12.3 Å². The van der Waals surface area contributed by atoms with Gasteiger partial charge >= 0.3 is 0 Å². The summed E-state index contributed by atoms with van der Waals surface area (Å²) in [6.07, 6.45) is 3.55. The lowest BCUT2D eigenvalue weighted by Gasteiger charge is -2.09. The Hall–Kier alpha value is -3.32. The average molecular weight is 390 g/mol. The van der Waals surface area contributed by atoms with Gasteiger partial charge in [-0.15, -0.1) is 11.3 Å². The molecule has 0 bridgehead atoms. The summed E-state index contributed by atoms with van der Waals surface area (Å²) in [7, 11) is 0. The molecule has 0 aliphatic carbocycles. The summed E-state index contributed by atoms with van der Waals surface area (Å²) in [4.78, 5) is 25.8. The third-order valence-corrected chi connectivity index (χ3v) is 5.10. The van der Waals surface area contributed by atoms with Crippen molar-refractivity contribution < 1.29 is 9.21 Å². The summed E-state index contributed by atoms with van der Waals surface area (Å²) in [5.41, 5.74) is 3.92. The van der Waals surface area contributed by atoms with Gasteiger partial charge < -0.3 is 9.73 Å². The quantitative estimate of drug-likeness (QED) is 0.536. The molecule has 0 unspecified atom stereocenters. The lowest BCUT2D eigenvalue weighted by Crippen LogP contribution is -2.16. The van der Waals surface area contributed by atoms with Gasteiger partial charge in [-0.05, 0) is 42.7 Å². The zero-order valence-corrected chi connectivity index (χ0v) is 16.3. The molecular formula is C21H18N4O2S. The van der Waals surface area contributed by atoms with Crippen LogP contribution in [0.1, 0.15) is 16.7 Å². The van der Waals surface area contributed by atoms with Gasteiger partial charge in [-0.1, -0.05) is 18.2 Å². The highest BCUT2D eigenvalue weighted by Crippen LogP contribution is 2.26. The van der Waals surface area contributed by atoms with Crippen molar-refractivity contribution in [3.63, 3.8) is 0 Å². The monoisotopic (exact) mass is 390 g/mol. The molecule has 3 heterocycles. The van der Waals surface area contributed by atoms with Gasteiger partial charge in [0.15, 0.2) is 16.6 Å². The summed E-state index contributed by atoms with van der Waals surface area (Å²) in [5.74, 6) is 1.33. The van der Waals surface area contributed by atoms with Crippen molar-refractivity contribution in [2.24, 2.45) is 0 Å². The highest BCUT2D eigenvalue weighted by Gasteiger charge is 2.14. The fourth-order valence-corrected chi connectivity index (χ4v) is 3.35. The maximum atomic E-state index is 12.6. The number of carbonyl (C=O) groups is 1. The number of thiazole rings is 1. The van der Waals surface area contributed by atoms with Crippen LogP contribution >= 0.6 is 11.3 Å². The number of hydrogen-bond acceptors (Lipinski definition) is 6. The molecule has 1 N–H and O–H groups in total. The van der Waals surface area contributed by atoms with Crippen LogP contribution in [0.5, 0.6) is 0 Å². The number of nitrogens with zero attached hydrogens (tertiary/aromatic N) is 3. The molecule has 140 valence electrons. The van der Waals surface area contributed by atoms with E-state index in [1.807, 2.05) is 36.6 Å².